The highest BCUT2D eigenvalue weighted by Gasteiger charge is 2.25. The number of hydrogen-bond donors (Lipinski definition) is 0. The molecule has 26 heavy (non-hydrogen) atoms. The number of ether oxygens (including phenoxy) is 2. The molecule has 1 saturated heterocycles. The fourth-order valence-electron chi connectivity index (χ4n) is 3.21. The molecular weight excluding hydrogens is 332 g/mol. The van der Waals surface area contributed by atoms with Crippen LogP contribution in [0.3, 0.4) is 0 Å². The van der Waals surface area contributed by atoms with Gasteiger partial charge in [-0.3, -0.25) is 9.59 Å². The van der Waals surface area contributed by atoms with Gasteiger partial charge in [-0.2, -0.15) is 0 Å². The molecule has 0 radical (unpaired) electrons. The number of nitrogens with zero attached hydrogens (tertiary/aromatic N) is 2. The molecule has 0 unspecified atom stereocenters. The van der Waals surface area contributed by atoms with Crippen molar-refractivity contribution < 1.29 is 19.1 Å². The molecule has 0 atom stereocenters. The normalized spacial score (nSPS) is 16.8. The van der Waals surface area contributed by atoms with E-state index in [9.17, 15) is 9.59 Å². The van der Waals surface area contributed by atoms with Crippen LogP contribution >= 0.6 is 0 Å². The van der Waals surface area contributed by atoms with E-state index in [2.05, 4.69) is 0 Å². The van der Waals surface area contributed by atoms with Crippen LogP contribution in [0, 0.1) is 0 Å². The van der Waals surface area contributed by atoms with Gasteiger partial charge in [-0.05, 0) is 29.8 Å². The van der Waals surface area contributed by atoms with Gasteiger partial charge in [0.05, 0.1) is 25.4 Å². The SMILES string of the molecule is O=C(c1ccc(CN2C(=O)COc3ccccc32)cc1)N1CCOCC1. The third-order valence-electron chi connectivity index (χ3n) is 4.65. The van der Waals surface area contributed by atoms with E-state index < -0.39 is 0 Å². The number of fused-ring (bicyclic) bond motifs is 1. The van der Waals surface area contributed by atoms with Crippen molar-refractivity contribution in [2.45, 2.75) is 6.54 Å². The zero-order chi connectivity index (χ0) is 17.9. The molecule has 0 saturated carbocycles. The molecule has 0 aromatic heterocycles. The summed E-state index contributed by atoms with van der Waals surface area (Å²) >= 11 is 0. The van der Waals surface area contributed by atoms with E-state index in [1.165, 1.54) is 0 Å². The van der Waals surface area contributed by atoms with Gasteiger partial charge in [-0.1, -0.05) is 24.3 Å². The summed E-state index contributed by atoms with van der Waals surface area (Å²) in [6, 6.07) is 15.0. The van der Waals surface area contributed by atoms with Crippen molar-refractivity contribution in [3.63, 3.8) is 0 Å². The van der Waals surface area contributed by atoms with Crippen molar-refractivity contribution in [3.05, 3.63) is 59.7 Å². The quantitative estimate of drug-likeness (QED) is 0.849. The summed E-state index contributed by atoms with van der Waals surface area (Å²) in [5.74, 6) is 0.663. The molecule has 6 nitrogen and oxygen atoms in total. The van der Waals surface area contributed by atoms with Crippen molar-refractivity contribution in [3.8, 4) is 5.75 Å². The number of anilines is 1. The molecule has 2 aromatic carbocycles. The molecule has 2 aliphatic heterocycles. The van der Waals surface area contributed by atoms with Crippen LogP contribution in [0.2, 0.25) is 0 Å². The first-order valence-electron chi connectivity index (χ1n) is 8.70. The second-order valence-electron chi connectivity index (χ2n) is 6.34. The molecule has 2 aliphatic rings. The number of benzene rings is 2. The van der Waals surface area contributed by atoms with Crippen LogP contribution in [-0.2, 0) is 16.1 Å². The van der Waals surface area contributed by atoms with Crippen LogP contribution in [0.15, 0.2) is 48.5 Å². The van der Waals surface area contributed by atoms with Crippen molar-refractivity contribution >= 4 is 17.5 Å². The maximum atomic E-state index is 12.5. The Morgan fingerprint density at radius 3 is 2.50 bits per heavy atom. The van der Waals surface area contributed by atoms with E-state index in [4.69, 9.17) is 9.47 Å². The summed E-state index contributed by atoms with van der Waals surface area (Å²) in [5, 5.41) is 0. The fraction of sp³-hybridized carbons (Fsp3) is 0.300. The molecule has 134 valence electrons. The molecule has 0 bridgehead atoms. The Hall–Kier alpha value is -2.86. The van der Waals surface area contributed by atoms with Crippen molar-refractivity contribution in [2.75, 3.05) is 37.8 Å². The lowest BCUT2D eigenvalue weighted by Crippen LogP contribution is -2.40. The minimum absolute atomic E-state index is 0.0210. The zero-order valence-electron chi connectivity index (χ0n) is 14.4. The van der Waals surface area contributed by atoms with E-state index in [1.54, 1.807) is 9.80 Å². The first-order valence-corrected chi connectivity index (χ1v) is 8.70. The molecule has 2 heterocycles. The second-order valence-corrected chi connectivity index (χ2v) is 6.34. The number of carbonyl (C=O) groups excluding carboxylic acids is 2. The second kappa shape index (κ2) is 7.17. The summed E-state index contributed by atoms with van der Waals surface area (Å²) in [6.07, 6.45) is 0. The highest BCUT2D eigenvalue weighted by Crippen LogP contribution is 2.32. The van der Waals surface area contributed by atoms with E-state index in [-0.39, 0.29) is 18.4 Å². The molecule has 2 amide bonds. The van der Waals surface area contributed by atoms with Crippen molar-refractivity contribution in [1.29, 1.82) is 0 Å². The molecule has 2 aromatic rings. The summed E-state index contributed by atoms with van der Waals surface area (Å²) in [5.41, 5.74) is 2.40. The maximum Gasteiger partial charge on any atom is 0.265 e. The highest BCUT2D eigenvalue weighted by molar-refractivity contribution is 5.98. The monoisotopic (exact) mass is 352 g/mol. The number of hydrogen-bond acceptors (Lipinski definition) is 4. The predicted molar refractivity (Wildman–Crippen MR) is 96.3 cm³/mol. The van der Waals surface area contributed by atoms with Gasteiger partial charge < -0.3 is 19.3 Å². The highest BCUT2D eigenvalue weighted by atomic mass is 16.5. The van der Waals surface area contributed by atoms with Gasteiger partial charge in [0.25, 0.3) is 11.8 Å². The third kappa shape index (κ3) is 3.28. The summed E-state index contributed by atoms with van der Waals surface area (Å²) < 4.78 is 10.8. The molecule has 0 N–H and O–H groups in total. The Morgan fingerprint density at radius 1 is 1.00 bits per heavy atom. The number of morpholine rings is 1. The van der Waals surface area contributed by atoms with Crippen LogP contribution in [-0.4, -0.2) is 49.6 Å². The van der Waals surface area contributed by atoms with Gasteiger partial charge in [0.1, 0.15) is 5.75 Å². The van der Waals surface area contributed by atoms with Crippen LogP contribution in [0.1, 0.15) is 15.9 Å². The smallest absolute Gasteiger partial charge is 0.265 e. The summed E-state index contributed by atoms with van der Waals surface area (Å²) in [6.45, 7) is 2.92. The van der Waals surface area contributed by atoms with Crippen LogP contribution in [0.5, 0.6) is 5.75 Å². The van der Waals surface area contributed by atoms with Gasteiger partial charge in [0.2, 0.25) is 0 Å². The molecule has 0 aliphatic carbocycles. The predicted octanol–water partition coefficient (Wildman–Crippen LogP) is 2.08. The first-order chi connectivity index (χ1) is 12.7. The average Bonchev–Trinajstić information content (AvgIpc) is 2.71. The molecule has 6 heteroatoms. The lowest BCUT2D eigenvalue weighted by molar-refractivity contribution is -0.121. The number of carbonyl (C=O) groups is 2. The fourth-order valence-corrected chi connectivity index (χ4v) is 3.21. The molecule has 4 rings (SSSR count). The number of amides is 2. The molecular formula is C20H20N2O4. The number of rotatable bonds is 3. The summed E-state index contributed by atoms with van der Waals surface area (Å²) in [7, 11) is 0. The number of para-hydroxylation sites is 2. The van der Waals surface area contributed by atoms with Crippen LogP contribution in [0.4, 0.5) is 5.69 Å². The minimum atomic E-state index is -0.0721. The van der Waals surface area contributed by atoms with Gasteiger partial charge in [0.15, 0.2) is 6.61 Å². The topological polar surface area (TPSA) is 59.1 Å². The Labute approximate surface area is 151 Å². The minimum Gasteiger partial charge on any atom is -0.482 e. The largest absolute Gasteiger partial charge is 0.482 e. The van der Waals surface area contributed by atoms with Gasteiger partial charge in [-0.25, -0.2) is 0 Å². The standard InChI is InChI=1S/C20H20N2O4/c23-19-14-26-18-4-2-1-3-17(18)22(19)13-15-5-7-16(8-6-15)20(24)21-9-11-25-12-10-21/h1-8H,9-14H2. The Balaban J connectivity index is 1.49. The lowest BCUT2D eigenvalue weighted by atomic mass is 10.1. The molecule has 1 fully saturated rings. The van der Waals surface area contributed by atoms with Gasteiger partial charge in [0, 0.05) is 18.7 Å². The van der Waals surface area contributed by atoms with Gasteiger partial charge >= 0.3 is 0 Å². The summed E-state index contributed by atoms with van der Waals surface area (Å²) in [4.78, 5) is 28.3. The Morgan fingerprint density at radius 2 is 1.73 bits per heavy atom. The molecule has 0 spiro atoms. The Kier molecular flexibility index (Phi) is 4.58. The zero-order valence-corrected chi connectivity index (χ0v) is 14.4. The van der Waals surface area contributed by atoms with Crippen molar-refractivity contribution in [2.24, 2.45) is 0 Å². The van der Waals surface area contributed by atoms with E-state index >= 15 is 0 Å². The maximum absolute atomic E-state index is 12.5. The Bertz CT molecular complexity index is 813. The lowest BCUT2D eigenvalue weighted by Gasteiger charge is -2.29. The van der Waals surface area contributed by atoms with Crippen LogP contribution < -0.4 is 9.64 Å². The van der Waals surface area contributed by atoms with Gasteiger partial charge in [-0.15, -0.1) is 0 Å². The van der Waals surface area contributed by atoms with E-state index in [0.717, 1.165) is 11.3 Å². The third-order valence-corrected chi connectivity index (χ3v) is 4.65. The van der Waals surface area contributed by atoms with Crippen molar-refractivity contribution in [1.82, 2.24) is 4.90 Å². The van der Waals surface area contributed by atoms with Crippen LogP contribution in [0.25, 0.3) is 0 Å². The van der Waals surface area contributed by atoms with E-state index in [1.807, 2.05) is 48.5 Å². The van der Waals surface area contributed by atoms with E-state index in [0.29, 0.717) is 44.2 Å². The first kappa shape index (κ1) is 16.6. The average molecular weight is 352 g/mol.